The summed E-state index contributed by atoms with van der Waals surface area (Å²) in [6.45, 7) is 4.52. The third kappa shape index (κ3) is 5.95. The van der Waals surface area contributed by atoms with Crippen molar-refractivity contribution in [1.82, 2.24) is 23.9 Å². The first-order chi connectivity index (χ1) is 20.3. The van der Waals surface area contributed by atoms with E-state index < -0.39 is 31.8 Å². The minimum Gasteiger partial charge on any atom is -0.353 e. The van der Waals surface area contributed by atoms with E-state index in [4.69, 9.17) is 5.10 Å². The van der Waals surface area contributed by atoms with Crippen LogP contribution in [-0.2, 0) is 45.7 Å². The SMILES string of the molecule is CS(=O)(=O)N1CCc2c(c(-c3ccc(C(F)(F)F)cc3)nn2CCCN2CCN(C3=NS(=O)(=O)c4ccccc43)CC2)C1. The second-order valence-electron chi connectivity index (χ2n) is 11.0. The molecule has 3 aromatic rings. The van der Waals surface area contributed by atoms with Gasteiger partial charge in [0.1, 0.15) is 4.90 Å². The first-order valence-electron chi connectivity index (χ1n) is 13.9. The number of piperazine rings is 1. The van der Waals surface area contributed by atoms with Crippen LogP contribution < -0.4 is 0 Å². The quantitative estimate of drug-likeness (QED) is 0.410. The summed E-state index contributed by atoms with van der Waals surface area (Å²) in [5, 5.41) is 4.77. The summed E-state index contributed by atoms with van der Waals surface area (Å²) in [5.41, 5.74) is 2.51. The number of aryl methyl sites for hydroxylation is 1. The predicted octanol–water partition coefficient (Wildman–Crippen LogP) is 3.04. The van der Waals surface area contributed by atoms with E-state index in [9.17, 15) is 30.0 Å². The topological polar surface area (TPSA) is 108 Å². The lowest BCUT2D eigenvalue weighted by molar-refractivity contribution is -0.137. The van der Waals surface area contributed by atoms with Crippen LogP contribution in [0, 0.1) is 0 Å². The number of hydrogen-bond donors (Lipinski definition) is 0. The molecule has 15 heteroatoms. The Kier molecular flexibility index (Phi) is 7.63. The summed E-state index contributed by atoms with van der Waals surface area (Å²) in [6, 6.07) is 11.7. The van der Waals surface area contributed by atoms with E-state index in [0.29, 0.717) is 55.3 Å². The van der Waals surface area contributed by atoms with Gasteiger partial charge < -0.3 is 4.90 Å². The van der Waals surface area contributed by atoms with Crippen molar-refractivity contribution < 1.29 is 30.0 Å². The summed E-state index contributed by atoms with van der Waals surface area (Å²) in [4.78, 5) is 4.54. The summed E-state index contributed by atoms with van der Waals surface area (Å²) in [5.74, 6) is 0.498. The Bertz CT molecular complexity index is 1780. The van der Waals surface area contributed by atoms with E-state index in [0.717, 1.165) is 55.7 Å². The van der Waals surface area contributed by atoms with Crippen molar-refractivity contribution in [3.05, 3.63) is 70.9 Å². The van der Waals surface area contributed by atoms with Gasteiger partial charge in [0.05, 0.1) is 17.5 Å². The van der Waals surface area contributed by atoms with Crippen LogP contribution in [-0.4, -0.2) is 92.1 Å². The van der Waals surface area contributed by atoms with E-state index in [1.807, 2.05) is 9.58 Å². The molecule has 0 amide bonds. The molecule has 0 atom stereocenters. The second kappa shape index (κ2) is 11.0. The molecule has 0 aliphatic carbocycles. The Morgan fingerprint density at radius 1 is 0.930 bits per heavy atom. The predicted molar refractivity (Wildman–Crippen MR) is 154 cm³/mol. The van der Waals surface area contributed by atoms with Crippen LogP contribution in [0.4, 0.5) is 13.2 Å². The van der Waals surface area contributed by atoms with Crippen LogP contribution in [0.3, 0.4) is 0 Å². The van der Waals surface area contributed by atoms with Gasteiger partial charge in [-0.3, -0.25) is 9.58 Å². The van der Waals surface area contributed by atoms with Crippen molar-refractivity contribution in [3.8, 4) is 11.3 Å². The van der Waals surface area contributed by atoms with Crippen molar-refractivity contribution in [3.63, 3.8) is 0 Å². The van der Waals surface area contributed by atoms with Crippen LogP contribution in [0.2, 0.25) is 0 Å². The molecule has 230 valence electrons. The van der Waals surface area contributed by atoms with Crippen LogP contribution >= 0.6 is 0 Å². The van der Waals surface area contributed by atoms with Gasteiger partial charge in [-0.15, -0.1) is 4.40 Å². The van der Waals surface area contributed by atoms with Crippen molar-refractivity contribution in [2.24, 2.45) is 4.40 Å². The molecule has 4 heterocycles. The fourth-order valence-electron chi connectivity index (χ4n) is 5.93. The zero-order chi connectivity index (χ0) is 30.6. The number of aromatic nitrogens is 2. The van der Waals surface area contributed by atoms with Crippen LogP contribution in [0.5, 0.6) is 0 Å². The molecule has 43 heavy (non-hydrogen) atoms. The molecule has 10 nitrogen and oxygen atoms in total. The Hall–Kier alpha value is -3.27. The fourth-order valence-corrected chi connectivity index (χ4v) is 7.94. The number of rotatable bonds is 6. The Morgan fingerprint density at radius 3 is 2.30 bits per heavy atom. The number of fused-ring (bicyclic) bond motifs is 2. The van der Waals surface area contributed by atoms with Crippen LogP contribution in [0.15, 0.2) is 57.8 Å². The minimum absolute atomic E-state index is 0.120. The van der Waals surface area contributed by atoms with E-state index in [-0.39, 0.29) is 11.4 Å². The van der Waals surface area contributed by atoms with Gasteiger partial charge in [0, 0.05) is 81.2 Å². The maximum atomic E-state index is 13.1. The van der Waals surface area contributed by atoms with Crippen LogP contribution in [0.25, 0.3) is 11.3 Å². The maximum absolute atomic E-state index is 13.1. The molecule has 1 fully saturated rings. The molecule has 2 aromatic carbocycles. The average Bonchev–Trinajstić information content (AvgIpc) is 3.47. The first-order valence-corrected chi connectivity index (χ1v) is 17.2. The Morgan fingerprint density at radius 2 is 1.63 bits per heavy atom. The third-order valence-corrected chi connectivity index (χ3v) is 10.8. The minimum atomic E-state index is -4.46. The lowest BCUT2D eigenvalue weighted by atomic mass is 10.0. The van der Waals surface area contributed by atoms with Crippen molar-refractivity contribution in [2.45, 2.75) is 37.0 Å². The molecule has 0 radical (unpaired) electrons. The molecule has 1 aromatic heterocycles. The number of hydrogen-bond acceptors (Lipinski definition) is 7. The van der Waals surface area contributed by atoms with Crippen molar-refractivity contribution in [2.75, 3.05) is 45.5 Å². The lowest BCUT2D eigenvalue weighted by Gasteiger charge is -2.35. The highest BCUT2D eigenvalue weighted by Crippen LogP contribution is 2.34. The Labute approximate surface area is 248 Å². The van der Waals surface area contributed by atoms with Gasteiger partial charge in [-0.2, -0.15) is 31.0 Å². The van der Waals surface area contributed by atoms with Crippen LogP contribution in [0.1, 0.15) is 28.8 Å². The number of alkyl halides is 3. The highest BCUT2D eigenvalue weighted by atomic mass is 32.2. The van der Waals surface area contributed by atoms with Gasteiger partial charge in [-0.25, -0.2) is 8.42 Å². The molecule has 0 bridgehead atoms. The van der Waals surface area contributed by atoms with Gasteiger partial charge in [-0.05, 0) is 30.7 Å². The zero-order valence-corrected chi connectivity index (χ0v) is 25.1. The summed E-state index contributed by atoms with van der Waals surface area (Å²) in [7, 11) is -7.13. The molecular weight excluding hydrogens is 605 g/mol. The molecular formula is C28H31F3N6O4S2. The van der Waals surface area contributed by atoms with Gasteiger partial charge >= 0.3 is 6.18 Å². The fraction of sp³-hybridized carbons (Fsp3) is 0.429. The normalized spacial score (nSPS) is 19.3. The van der Waals surface area contributed by atoms with Gasteiger partial charge in [0.2, 0.25) is 10.0 Å². The summed E-state index contributed by atoms with van der Waals surface area (Å²) in [6.07, 6.45) is -2.09. The standard InChI is InChI=1S/C28H31F3N6O4S2/c1-42(38,39)36-14-11-24-23(19-36)26(20-7-9-21(10-8-20)28(29,30)31)32-37(24)13-4-12-34-15-17-35(18-16-34)27-22-5-2-3-6-25(22)43(40,41)33-27/h2-3,5-10H,4,11-19H2,1H3. The summed E-state index contributed by atoms with van der Waals surface area (Å²) >= 11 is 0. The number of sulfonamides is 2. The smallest absolute Gasteiger partial charge is 0.353 e. The highest BCUT2D eigenvalue weighted by Gasteiger charge is 2.34. The monoisotopic (exact) mass is 636 g/mol. The average molecular weight is 637 g/mol. The van der Waals surface area contributed by atoms with E-state index in [1.54, 1.807) is 24.3 Å². The first kappa shape index (κ1) is 29.8. The van der Waals surface area contributed by atoms with E-state index in [1.165, 1.54) is 16.4 Å². The van der Waals surface area contributed by atoms with Gasteiger partial charge in [0.25, 0.3) is 10.0 Å². The van der Waals surface area contributed by atoms with Crippen molar-refractivity contribution in [1.29, 1.82) is 0 Å². The number of amidine groups is 1. The molecule has 3 aliphatic heterocycles. The molecule has 1 saturated heterocycles. The van der Waals surface area contributed by atoms with Crippen molar-refractivity contribution >= 4 is 25.9 Å². The molecule has 3 aliphatic rings. The highest BCUT2D eigenvalue weighted by molar-refractivity contribution is 7.90. The number of benzene rings is 2. The lowest BCUT2D eigenvalue weighted by Crippen LogP contribution is -2.49. The Balaban J connectivity index is 1.13. The maximum Gasteiger partial charge on any atom is 0.416 e. The molecule has 0 spiro atoms. The summed E-state index contributed by atoms with van der Waals surface area (Å²) < 4.78 is 96.1. The number of halogens is 3. The zero-order valence-electron chi connectivity index (χ0n) is 23.5. The molecule has 0 unspecified atom stereocenters. The van der Waals surface area contributed by atoms with E-state index in [2.05, 4.69) is 9.30 Å². The molecule has 0 saturated carbocycles. The molecule has 0 N–H and O–H groups in total. The van der Waals surface area contributed by atoms with E-state index >= 15 is 0 Å². The van der Waals surface area contributed by atoms with Gasteiger partial charge in [-0.1, -0.05) is 24.3 Å². The molecule has 6 rings (SSSR count). The third-order valence-electron chi connectivity index (χ3n) is 8.18. The van der Waals surface area contributed by atoms with Gasteiger partial charge in [0.15, 0.2) is 5.84 Å². The largest absolute Gasteiger partial charge is 0.416 e. The second-order valence-corrected chi connectivity index (χ2v) is 14.5. The number of nitrogens with zero attached hydrogens (tertiary/aromatic N) is 6.